The number of ether oxygens (including phenoxy) is 2. The van der Waals surface area contributed by atoms with Crippen molar-refractivity contribution in [2.75, 3.05) is 19.5 Å². The highest BCUT2D eigenvalue weighted by Crippen LogP contribution is 2.27. The van der Waals surface area contributed by atoms with Gasteiger partial charge in [-0.15, -0.1) is 0 Å². The smallest absolute Gasteiger partial charge is 0.328 e. The van der Waals surface area contributed by atoms with Crippen LogP contribution >= 0.6 is 0 Å². The SMILES string of the molecule is CCOC(=O)C(C(=O)OCC)C(=O)c1cc(-c2ccc(S(C)(=O)=O)cc2)n(-c2ccc(F)cc2)n1. The zero-order valence-electron chi connectivity index (χ0n) is 19.2. The monoisotopic (exact) mass is 502 g/mol. The molecule has 0 radical (unpaired) electrons. The van der Waals surface area contributed by atoms with E-state index < -0.39 is 39.3 Å². The van der Waals surface area contributed by atoms with Crippen LogP contribution in [0.3, 0.4) is 0 Å². The van der Waals surface area contributed by atoms with E-state index in [2.05, 4.69) is 5.10 Å². The molecule has 184 valence electrons. The van der Waals surface area contributed by atoms with Crippen LogP contribution in [-0.2, 0) is 28.9 Å². The van der Waals surface area contributed by atoms with E-state index in [4.69, 9.17) is 9.47 Å². The molecule has 11 heteroatoms. The van der Waals surface area contributed by atoms with Crippen LogP contribution in [-0.4, -0.2) is 55.4 Å². The van der Waals surface area contributed by atoms with Crippen molar-refractivity contribution < 1.29 is 36.7 Å². The van der Waals surface area contributed by atoms with E-state index in [1.807, 2.05) is 0 Å². The van der Waals surface area contributed by atoms with Crippen molar-refractivity contribution in [1.82, 2.24) is 9.78 Å². The van der Waals surface area contributed by atoms with E-state index in [1.165, 1.54) is 73.1 Å². The lowest BCUT2D eigenvalue weighted by atomic mass is 10.0. The Morgan fingerprint density at radius 3 is 1.97 bits per heavy atom. The molecule has 0 aliphatic carbocycles. The van der Waals surface area contributed by atoms with Gasteiger partial charge in [0, 0.05) is 11.8 Å². The maximum absolute atomic E-state index is 13.5. The number of ketones is 1. The van der Waals surface area contributed by atoms with Crippen LogP contribution in [0.5, 0.6) is 0 Å². The molecule has 3 aromatic rings. The van der Waals surface area contributed by atoms with E-state index in [-0.39, 0.29) is 23.8 Å². The topological polar surface area (TPSA) is 122 Å². The Morgan fingerprint density at radius 1 is 0.943 bits per heavy atom. The molecule has 35 heavy (non-hydrogen) atoms. The molecule has 0 saturated heterocycles. The molecule has 0 amide bonds. The Hall–Kier alpha value is -3.86. The van der Waals surface area contributed by atoms with Crippen molar-refractivity contribution in [2.24, 2.45) is 5.92 Å². The van der Waals surface area contributed by atoms with Gasteiger partial charge in [-0.25, -0.2) is 17.5 Å². The Bertz CT molecular complexity index is 1330. The number of halogens is 1. The first-order chi connectivity index (χ1) is 16.6. The van der Waals surface area contributed by atoms with Gasteiger partial charge in [0.2, 0.25) is 11.7 Å². The quantitative estimate of drug-likeness (QED) is 0.249. The fraction of sp³-hybridized carbons (Fsp3) is 0.250. The lowest BCUT2D eigenvalue weighted by molar-refractivity contribution is -0.158. The van der Waals surface area contributed by atoms with Crippen LogP contribution in [0.15, 0.2) is 59.5 Å². The van der Waals surface area contributed by atoms with Crippen LogP contribution < -0.4 is 0 Å². The van der Waals surface area contributed by atoms with Crippen LogP contribution in [0.1, 0.15) is 24.3 Å². The number of hydrogen-bond acceptors (Lipinski definition) is 8. The summed E-state index contributed by atoms with van der Waals surface area (Å²) in [4.78, 5) is 38.1. The first kappa shape index (κ1) is 25.8. The zero-order valence-corrected chi connectivity index (χ0v) is 20.0. The maximum Gasteiger partial charge on any atom is 0.328 e. The van der Waals surface area contributed by atoms with Crippen LogP contribution in [0.2, 0.25) is 0 Å². The fourth-order valence-electron chi connectivity index (χ4n) is 3.27. The number of rotatable bonds is 9. The summed E-state index contributed by atoms with van der Waals surface area (Å²) in [6, 6.07) is 12.5. The van der Waals surface area contributed by atoms with Gasteiger partial charge in [-0.05, 0) is 56.3 Å². The van der Waals surface area contributed by atoms with Gasteiger partial charge in [0.05, 0.1) is 29.5 Å². The summed E-state index contributed by atoms with van der Waals surface area (Å²) in [5.41, 5.74) is 0.975. The molecule has 0 aliphatic heterocycles. The average Bonchev–Trinajstić information content (AvgIpc) is 3.25. The van der Waals surface area contributed by atoms with Gasteiger partial charge in [0.15, 0.2) is 9.84 Å². The first-order valence-corrected chi connectivity index (χ1v) is 12.5. The molecule has 1 aromatic heterocycles. The summed E-state index contributed by atoms with van der Waals surface area (Å²) >= 11 is 0. The molecule has 0 unspecified atom stereocenters. The normalized spacial score (nSPS) is 11.3. The minimum Gasteiger partial charge on any atom is -0.465 e. The van der Waals surface area contributed by atoms with E-state index in [0.29, 0.717) is 16.9 Å². The van der Waals surface area contributed by atoms with E-state index in [1.54, 1.807) is 0 Å². The van der Waals surface area contributed by atoms with Gasteiger partial charge >= 0.3 is 11.9 Å². The molecule has 9 nitrogen and oxygen atoms in total. The second kappa shape index (κ2) is 10.6. The molecule has 0 saturated carbocycles. The van der Waals surface area contributed by atoms with Gasteiger partial charge in [-0.1, -0.05) is 12.1 Å². The molecule has 0 spiro atoms. The largest absolute Gasteiger partial charge is 0.465 e. The van der Waals surface area contributed by atoms with Crippen LogP contribution in [0.25, 0.3) is 16.9 Å². The molecule has 0 N–H and O–H groups in total. The van der Waals surface area contributed by atoms with Crippen LogP contribution in [0, 0.1) is 11.7 Å². The summed E-state index contributed by atoms with van der Waals surface area (Å²) in [6.45, 7) is 2.96. The van der Waals surface area contributed by atoms with E-state index in [0.717, 1.165) is 6.26 Å². The van der Waals surface area contributed by atoms with Crippen molar-refractivity contribution in [3.63, 3.8) is 0 Å². The van der Waals surface area contributed by atoms with E-state index in [9.17, 15) is 27.2 Å². The third-order valence-electron chi connectivity index (χ3n) is 4.92. The molecule has 0 atom stereocenters. The highest BCUT2D eigenvalue weighted by molar-refractivity contribution is 7.90. The van der Waals surface area contributed by atoms with Crippen molar-refractivity contribution in [2.45, 2.75) is 18.7 Å². The second-order valence-corrected chi connectivity index (χ2v) is 9.42. The number of carbonyl (C=O) groups is 3. The first-order valence-electron chi connectivity index (χ1n) is 10.6. The number of benzene rings is 2. The van der Waals surface area contributed by atoms with Crippen LogP contribution in [0.4, 0.5) is 4.39 Å². The highest BCUT2D eigenvalue weighted by Gasteiger charge is 2.39. The van der Waals surface area contributed by atoms with Gasteiger partial charge in [0.25, 0.3) is 0 Å². The number of hydrogen-bond donors (Lipinski definition) is 0. The standard InChI is InChI=1S/C24H23FN2O7S/c1-4-33-23(29)21(24(30)34-5-2)22(28)19-14-20(15-6-12-18(13-7-15)35(3,31)32)27(26-19)17-10-8-16(25)9-11-17/h6-14,21H,4-5H2,1-3H3. The Labute approximate surface area is 201 Å². The summed E-state index contributed by atoms with van der Waals surface area (Å²) in [5, 5.41) is 4.27. The third-order valence-corrected chi connectivity index (χ3v) is 6.05. The van der Waals surface area contributed by atoms with Gasteiger partial charge in [-0.2, -0.15) is 5.10 Å². The van der Waals surface area contributed by atoms with Crippen molar-refractivity contribution in [3.8, 4) is 16.9 Å². The number of sulfone groups is 1. The molecule has 3 rings (SSSR count). The molecule has 0 bridgehead atoms. The summed E-state index contributed by atoms with van der Waals surface area (Å²) in [6.07, 6.45) is 1.08. The Morgan fingerprint density at radius 2 is 1.49 bits per heavy atom. The minimum atomic E-state index is -3.44. The van der Waals surface area contributed by atoms with Gasteiger partial charge < -0.3 is 9.47 Å². The maximum atomic E-state index is 13.5. The third kappa shape index (κ3) is 5.80. The van der Waals surface area contributed by atoms with Crippen molar-refractivity contribution in [1.29, 1.82) is 0 Å². The highest BCUT2D eigenvalue weighted by atomic mass is 32.2. The molecular formula is C24H23FN2O7S. The summed E-state index contributed by atoms with van der Waals surface area (Å²) in [7, 11) is -3.44. The molecule has 0 fully saturated rings. The summed E-state index contributed by atoms with van der Waals surface area (Å²) < 4.78 is 48.2. The minimum absolute atomic E-state index is 0.0516. The predicted octanol–water partition coefficient (Wildman–Crippen LogP) is 3.01. The predicted molar refractivity (Wildman–Crippen MR) is 123 cm³/mol. The number of carbonyl (C=O) groups excluding carboxylic acids is 3. The zero-order chi connectivity index (χ0) is 25.8. The van der Waals surface area contributed by atoms with Crippen molar-refractivity contribution >= 4 is 27.6 Å². The number of Topliss-reactive ketones (excluding diaryl/α,β-unsaturated/α-hetero) is 1. The molecule has 0 aliphatic rings. The lowest BCUT2D eigenvalue weighted by Crippen LogP contribution is -2.35. The second-order valence-electron chi connectivity index (χ2n) is 7.40. The fourth-order valence-corrected chi connectivity index (χ4v) is 3.90. The van der Waals surface area contributed by atoms with Gasteiger partial charge in [-0.3, -0.25) is 14.4 Å². The summed E-state index contributed by atoms with van der Waals surface area (Å²) in [5.74, 6) is -5.41. The Kier molecular flexibility index (Phi) is 7.80. The van der Waals surface area contributed by atoms with Crippen molar-refractivity contribution in [3.05, 3.63) is 66.1 Å². The lowest BCUT2D eigenvalue weighted by Gasteiger charge is -2.12. The average molecular weight is 503 g/mol. The number of esters is 2. The van der Waals surface area contributed by atoms with E-state index >= 15 is 0 Å². The Balaban J connectivity index is 2.14. The molecular weight excluding hydrogens is 479 g/mol. The molecule has 1 heterocycles. The van der Waals surface area contributed by atoms with Gasteiger partial charge in [0.1, 0.15) is 11.5 Å². The number of nitrogens with zero attached hydrogens (tertiary/aromatic N) is 2. The number of aromatic nitrogens is 2. The molecule has 2 aromatic carbocycles.